The molecule has 0 aliphatic carbocycles. The quantitative estimate of drug-likeness (QED) is 0.797. The molecule has 1 atom stereocenters. The Kier molecular flexibility index (Phi) is 4.55. The lowest BCUT2D eigenvalue weighted by molar-refractivity contribution is -0.159. The van der Waals surface area contributed by atoms with E-state index in [1.807, 2.05) is 0 Å². The number of halogens is 1. The predicted octanol–water partition coefficient (Wildman–Crippen LogP) is 1.88. The van der Waals surface area contributed by atoms with E-state index < -0.39 is 6.10 Å². The van der Waals surface area contributed by atoms with Crippen molar-refractivity contribution in [2.24, 2.45) is 0 Å². The summed E-state index contributed by atoms with van der Waals surface area (Å²) in [6, 6.07) is 2.10. The normalized spacial score (nSPS) is 21.4. The van der Waals surface area contributed by atoms with Crippen molar-refractivity contribution in [3.63, 3.8) is 0 Å². The maximum Gasteiger partial charge on any atom is 0.336 e. The third-order valence-corrected chi connectivity index (χ3v) is 4.30. The second-order valence-electron chi connectivity index (χ2n) is 3.85. The molecule has 1 fully saturated rings. The van der Waals surface area contributed by atoms with Crippen LogP contribution >= 0.6 is 27.3 Å². The van der Waals surface area contributed by atoms with E-state index in [0.29, 0.717) is 13.2 Å². The molecule has 1 aliphatic rings. The van der Waals surface area contributed by atoms with Crippen molar-refractivity contribution in [1.29, 1.82) is 0 Å². The summed E-state index contributed by atoms with van der Waals surface area (Å²) in [5.74, 6) is -0.290. The molecule has 1 aromatic rings. The van der Waals surface area contributed by atoms with Gasteiger partial charge in [0.25, 0.3) is 0 Å². The lowest BCUT2D eigenvalue weighted by Crippen LogP contribution is -2.45. The summed E-state index contributed by atoms with van der Waals surface area (Å²) in [5, 5.41) is 2.06. The number of methoxy groups -OCH3 is 1. The minimum absolute atomic E-state index is 0.290. The number of morpholine rings is 1. The highest BCUT2D eigenvalue weighted by atomic mass is 79.9. The zero-order valence-corrected chi connectivity index (χ0v) is 11.9. The molecule has 0 radical (unpaired) electrons. The molecule has 17 heavy (non-hydrogen) atoms. The van der Waals surface area contributed by atoms with Crippen molar-refractivity contribution in [2.45, 2.75) is 12.6 Å². The molecule has 94 valence electrons. The molecular weight excluding hydrogens is 306 g/mol. The first kappa shape index (κ1) is 13.0. The Morgan fingerprint density at radius 3 is 3.24 bits per heavy atom. The van der Waals surface area contributed by atoms with Crippen LogP contribution in [0.5, 0.6) is 0 Å². The maximum atomic E-state index is 11.4. The SMILES string of the molecule is COC(=O)C1CN(Cc2cc(Br)cs2)CCO1. The van der Waals surface area contributed by atoms with Crippen LogP contribution in [0.15, 0.2) is 15.9 Å². The molecule has 1 aromatic heterocycles. The Morgan fingerprint density at radius 2 is 2.59 bits per heavy atom. The van der Waals surface area contributed by atoms with Crippen LogP contribution in [0.3, 0.4) is 0 Å². The van der Waals surface area contributed by atoms with Crippen molar-refractivity contribution >= 4 is 33.2 Å². The van der Waals surface area contributed by atoms with Gasteiger partial charge in [-0.25, -0.2) is 4.79 Å². The topological polar surface area (TPSA) is 38.8 Å². The number of hydrogen-bond acceptors (Lipinski definition) is 5. The largest absolute Gasteiger partial charge is 0.467 e. The van der Waals surface area contributed by atoms with Gasteiger partial charge in [-0.1, -0.05) is 0 Å². The Labute approximate surface area is 113 Å². The van der Waals surface area contributed by atoms with Gasteiger partial charge in [-0.3, -0.25) is 4.90 Å². The molecule has 0 amide bonds. The fourth-order valence-corrected chi connectivity index (χ4v) is 3.27. The van der Waals surface area contributed by atoms with Crippen LogP contribution in [0.25, 0.3) is 0 Å². The highest BCUT2D eigenvalue weighted by Crippen LogP contribution is 2.22. The second-order valence-corrected chi connectivity index (χ2v) is 5.76. The van der Waals surface area contributed by atoms with Gasteiger partial charge < -0.3 is 9.47 Å². The number of rotatable bonds is 3. The first-order valence-electron chi connectivity index (χ1n) is 5.33. The van der Waals surface area contributed by atoms with Crippen LogP contribution in [0, 0.1) is 0 Å². The van der Waals surface area contributed by atoms with Crippen molar-refractivity contribution in [2.75, 3.05) is 26.8 Å². The Balaban J connectivity index is 1.91. The van der Waals surface area contributed by atoms with E-state index in [2.05, 4.69) is 32.3 Å². The molecule has 0 saturated carbocycles. The lowest BCUT2D eigenvalue weighted by atomic mass is 10.2. The van der Waals surface area contributed by atoms with Crippen molar-refractivity contribution < 1.29 is 14.3 Å². The number of carbonyl (C=O) groups excluding carboxylic acids is 1. The van der Waals surface area contributed by atoms with E-state index in [1.165, 1.54) is 12.0 Å². The molecule has 0 aromatic carbocycles. The predicted molar refractivity (Wildman–Crippen MR) is 69.1 cm³/mol. The summed E-state index contributed by atoms with van der Waals surface area (Å²) in [6.45, 7) is 2.88. The third kappa shape index (κ3) is 3.51. The molecule has 1 unspecified atom stereocenters. The maximum absolute atomic E-state index is 11.4. The summed E-state index contributed by atoms with van der Waals surface area (Å²) in [7, 11) is 1.39. The zero-order valence-electron chi connectivity index (χ0n) is 9.52. The van der Waals surface area contributed by atoms with Crippen molar-refractivity contribution in [3.8, 4) is 0 Å². The third-order valence-electron chi connectivity index (χ3n) is 2.62. The minimum atomic E-state index is -0.447. The molecule has 6 heteroatoms. The Morgan fingerprint density at radius 1 is 1.76 bits per heavy atom. The number of thiophene rings is 1. The van der Waals surface area contributed by atoms with Gasteiger partial charge in [0.1, 0.15) is 0 Å². The molecular formula is C11H14BrNO3S. The second kappa shape index (κ2) is 5.95. The monoisotopic (exact) mass is 319 g/mol. The fraction of sp³-hybridized carbons (Fsp3) is 0.545. The van der Waals surface area contributed by atoms with Crippen LogP contribution in [0.1, 0.15) is 4.88 Å². The van der Waals surface area contributed by atoms with Crippen LogP contribution in [-0.4, -0.2) is 43.8 Å². The first-order chi connectivity index (χ1) is 8.19. The van der Waals surface area contributed by atoms with E-state index in [4.69, 9.17) is 9.47 Å². The van der Waals surface area contributed by atoms with Gasteiger partial charge in [-0.05, 0) is 22.0 Å². The van der Waals surface area contributed by atoms with E-state index in [1.54, 1.807) is 11.3 Å². The van der Waals surface area contributed by atoms with Crippen LogP contribution < -0.4 is 0 Å². The number of esters is 1. The van der Waals surface area contributed by atoms with Crippen molar-refractivity contribution in [3.05, 3.63) is 20.8 Å². The lowest BCUT2D eigenvalue weighted by Gasteiger charge is -2.30. The van der Waals surface area contributed by atoms with Gasteiger partial charge in [-0.2, -0.15) is 0 Å². The molecule has 1 aliphatic heterocycles. The fourth-order valence-electron chi connectivity index (χ4n) is 1.78. The standard InChI is InChI=1S/C11H14BrNO3S/c1-15-11(14)10-6-13(2-3-16-10)5-9-4-8(12)7-17-9/h4,7,10H,2-3,5-6H2,1H3. The van der Waals surface area contributed by atoms with E-state index in [0.717, 1.165) is 17.6 Å². The summed E-state index contributed by atoms with van der Waals surface area (Å²) in [5.41, 5.74) is 0. The molecule has 0 spiro atoms. The number of carbonyl (C=O) groups is 1. The average Bonchev–Trinajstić information content (AvgIpc) is 2.74. The number of ether oxygens (including phenoxy) is 2. The van der Waals surface area contributed by atoms with Gasteiger partial charge in [0.15, 0.2) is 6.10 Å². The van der Waals surface area contributed by atoms with E-state index in [-0.39, 0.29) is 5.97 Å². The first-order valence-corrected chi connectivity index (χ1v) is 7.01. The average molecular weight is 320 g/mol. The minimum Gasteiger partial charge on any atom is -0.467 e. The molecule has 4 nitrogen and oxygen atoms in total. The van der Waals surface area contributed by atoms with Gasteiger partial charge >= 0.3 is 5.97 Å². The van der Waals surface area contributed by atoms with Gasteiger partial charge in [0.2, 0.25) is 0 Å². The van der Waals surface area contributed by atoms with Gasteiger partial charge in [0, 0.05) is 34.4 Å². The van der Waals surface area contributed by atoms with E-state index >= 15 is 0 Å². The van der Waals surface area contributed by atoms with Crippen LogP contribution in [-0.2, 0) is 20.8 Å². The summed E-state index contributed by atoms with van der Waals surface area (Å²) in [6.07, 6.45) is -0.447. The van der Waals surface area contributed by atoms with E-state index in [9.17, 15) is 4.79 Å². The molecule has 0 bridgehead atoms. The Bertz CT molecular complexity index is 396. The summed E-state index contributed by atoms with van der Waals surface area (Å²) >= 11 is 5.15. The smallest absolute Gasteiger partial charge is 0.336 e. The number of hydrogen-bond donors (Lipinski definition) is 0. The molecule has 0 N–H and O–H groups in total. The van der Waals surface area contributed by atoms with Gasteiger partial charge in [-0.15, -0.1) is 11.3 Å². The Hall–Kier alpha value is -0.430. The highest BCUT2D eigenvalue weighted by molar-refractivity contribution is 9.10. The van der Waals surface area contributed by atoms with Crippen molar-refractivity contribution in [1.82, 2.24) is 4.90 Å². The molecule has 1 saturated heterocycles. The zero-order chi connectivity index (χ0) is 12.3. The molecule has 2 heterocycles. The van der Waals surface area contributed by atoms with Crippen LogP contribution in [0.4, 0.5) is 0 Å². The van der Waals surface area contributed by atoms with Gasteiger partial charge in [0.05, 0.1) is 13.7 Å². The number of nitrogens with zero attached hydrogens (tertiary/aromatic N) is 1. The summed E-state index contributed by atoms with van der Waals surface area (Å²) < 4.78 is 11.2. The summed E-state index contributed by atoms with van der Waals surface area (Å²) in [4.78, 5) is 14.9. The molecule has 2 rings (SSSR count). The highest BCUT2D eigenvalue weighted by Gasteiger charge is 2.27. The van der Waals surface area contributed by atoms with Crippen LogP contribution in [0.2, 0.25) is 0 Å².